The van der Waals surface area contributed by atoms with Crippen LogP contribution in [0.4, 0.5) is 5.13 Å². The monoisotopic (exact) mass is 451 g/mol. The minimum absolute atomic E-state index is 0.154. The van der Waals surface area contributed by atoms with E-state index in [0.29, 0.717) is 25.9 Å². The third-order valence-electron chi connectivity index (χ3n) is 5.88. The van der Waals surface area contributed by atoms with E-state index < -0.39 is 15.1 Å². The number of sulfone groups is 1. The van der Waals surface area contributed by atoms with Gasteiger partial charge in [0.15, 0.2) is 15.0 Å². The first kappa shape index (κ1) is 21.5. The average molecular weight is 452 g/mol. The molecule has 0 bridgehead atoms. The molecule has 0 radical (unpaired) electrons. The lowest BCUT2D eigenvalue weighted by molar-refractivity contribution is 0.529. The van der Waals surface area contributed by atoms with E-state index in [4.69, 9.17) is 4.98 Å². The highest BCUT2D eigenvalue weighted by molar-refractivity contribution is 7.92. The Morgan fingerprint density at radius 1 is 1.16 bits per heavy atom. The summed E-state index contributed by atoms with van der Waals surface area (Å²) in [4.78, 5) is 7.16. The first-order valence-corrected chi connectivity index (χ1v) is 12.8. The van der Waals surface area contributed by atoms with E-state index in [1.807, 2.05) is 6.07 Å². The highest BCUT2D eigenvalue weighted by Gasteiger charge is 2.33. The minimum Gasteiger partial charge on any atom is -0.348 e. The van der Waals surface area contributed by atoms with Gasteiger partial charge in [0.05, 0.1) is 21.4 Å². The van der Waals surface area contributed by atoms with Gasteiger partial charge in [0.1, 0.15) is 6.07 Å². The Labute approximate surface area is 187 Å². The number of hydrogen-bond acceptors (Lipinski definition) is 6. The summed E-state index contributed by atoms with van der Waals surface area (Å²) in [5.41, 5.74) is 5.08. The van der Waals surface area contributed by atoms with Gasteiger partial charge in [0, 0.05) is 24.9 Å². The molecule has 0 atom stereocenters. The predicted octanol–water partition coefficient (Wildman–Crippen LogP) is 4.67. The van der Waals surface area contributed by atoms with E-state index in [9.17, 15) is 13.7 Å². The minimum atomic E-state index is -3.52. The van der Waals surface area contributed by atoms with Crippen LogP contribution in [0.2, 0.25) is 0 Å². The number of hydrogen-bond donors (Lipinski definition) is 0. The quantitative estimate of drug-likeness (QED) is 0.564. The Kier molecular flexibility index (Phi) is 6.12. The van der Waals surface area contributed by atoms with Crippen LogP contribution < -0.4 is 4.90 Å². The van der Waals surface area contributed by atoms with Crippen LogP contribution in [-0.4, -0.2) is 31.7 Å². The Morgan fingerprint density at radius 3 is 2.65 bits per heavy atom. The molecule has 160 valence electrons. The van der Waals surface area contributed by atoms with E-state index in [-0.39, 0.29) is 10.5 Å². The third-order valence-corrected chi connectivity index (χ3v) is 9.15. The molecular formula is C24H25N3O2S2. The molecule has 1 aliphatic heterocycles. The van der Waals surface area contributed by atoms with Gasteiger partial charge in [-0.1, -0.05) is 35.9 Å². The molecule has 5 nitrogen and oxygen atoms in total. The van der Waals surface area contributed by atoms with Crippen LogP contribution in [0, 0.1) is 25.2 Å². The van der Waals surface area contributed by atoms with Crippen LogP contribution in [0.25, 0.3) is 0 Å². The Bertz CT molecular complexity index is 1230. The van der Waals surface area contributed by atoms with Gasteiger partial charge in [-0.2, -0.15) is 5.26 Å². The van der Waals surface area contributed by atoms with Crippen molar-refractivity contribution in [2.24, 2.45) is 0 Å². The van der Waals surface area contributed by atoms with Crippen LogP contribution in [0.3, 0.4) is 0 Å². The summed E-state index contributed by atoms with van der Waals surface area (Å²) >= 11 is 1.62. The second kappa shape index (κ2) is 8.81. The largest absolute Gasteiger partial charge is 0.348 e. The second-order valence-electron chi connectivity index (χ2n) is 8.07. The first-order chi connectivity index (χ1) is 14.9. The van der Waals surface area contributed by atoms with E-state index in [2.05, 4.69) is 42.3 Å². The molecule has 4 rings (SSSR count). The number of nitrogens with zero attached hydrogens (tertiary/aromatic N) is 3. The van der Waals surface area contributed by atoms with Crippen molar-refractivity contribution in [1.82, 2.24) is 4.98 Å². The summed E-state index contributed by atoms with van der Waals surface area (Å²) in [5.74, 6) is 0. The maximum Gasteiger partial charge on any atom is 0.185 e. The van der Waals surface area contributed by atoms with Crippen molar-refractivity contribution < 1.29 is 8.42 Å². The van der Waals surface area contributed by atoms with Crippen molar-refractivity contribution in [2.75, 3.05) is 18.0 Å². The molecule has 0 N–H and O–H groups in total. The van der Waals surface area contributed by atoms with Crippen molar-refractivity contribution in [2.45, 2.75) is 43.3 Å². The fourth-order valence-corrected chi connectivity index (χ4v) is 6.81. The molecule has 0 spiro atoms. The lowest BCUT2D eigenvalue weighted by atomic mass is 10.0. The molecular weight excluding hydrogens is 426 g/mol. The highest BCUT2D eigenvalue weighted by Crippen LogP contribution is 2.30. The Hall–Kier alpha value is -2.69. The summed E-state index contributed by atoms with van der Waals surface area (Å²) in [6.07, 6.45) is 1.88. The average Bonchev–Trinajstić information content (AvgIpc) is 3.25. The molecule has 0 unspecified atom stereocenters. The molecule has 1 fully saturated rings. The zero-order valence-electron chi connectivity index (χ0n) is 17.7. The molecule has 31 heavy (non-hydrogen) atoms. The molecule has 2 aromatic carbocycles. The van der Waals surface area contributed by atoms with Crippen molar-refractivity contribution in [3.8, 4) is 6.07 Å². The number of aromatic nitrogens is 1. The van der Waals surface area contributed by atoms with Gasteiger partial charge in [-0.05, 0) is 49.9 Å². The van der Waals surface area contributed by atoms with Gasteiger partial charge in [-0.25, -0.2) is 13.4 Å². The lowest BCUT2D eigenvalue weighted by Crippen LogP contribution is -2.39. The van der Waals surface area contributed by atoms with Crippen molar-refractivity contribution in [1.29, 1.82) is 5.26 Å². The van der Waals surface area contributed by atoms with Gasteiger partial charge < -0.3 is 4.90 Å². The fourth-order valence-electron chi connectivity index (χ4n) is 4.05. The number of nitriles is 1. The molecule has 1 aromatic heterocycles. The van der Waals surface area contributed by atoms with Crippen LogP contribution in [-0.2, 0) is 16.3 Å². The third kappa shape index (κ3) is 4.51. The van der Waals surface area contributed by atoms with Crippen molar-refractivity contribution in [3.05, 3.63) is 75.8 Å². The zero-order chi connectivity index (χ0) is 22.0. The van der Waals surface area contributed by atoms with E-state index >= 15 is 0 Å². The van der Waals surface area contributed by atoms with Gasteiger partial charge in [0.2, 0.25) is 0 Å². The molecule has 0 amide bonds. The summed E-state index contributed by atoms with van der Waals surface area (Å²) in [5, 5.41) is 11.9. The smallest absolute Gasteiger partial charge is 0.185 e. The number of rotatable bonds is 5. The molecule has 7 heteroatoms. The second-order valence-corrected chi connectivity index (χ2v) is 11.1. The maximum absolute atomic E-state index is 13.1. The zero-order valence-corrected chi connectivity index (χ0v) is 19.3. The van der Waals surface area contributed by atoms with Crippen molar-refractivity contribution >= 4 is 26.3 Å². The maximum atomic E-state index is 13.1. The molecule has 2 heterocycles. The van der Waals surface area contributed by atoms with Gasteiger partial charge in [-0.15, -0.1) is 11.3 Å². The topological polar surface area (TPSA) is 74.1 Å². The molecule has 0 aliphatic carbocycles. The molecule has 1 saturated heterocycles. The van der Waals surface area contributed by atoms with Gasteiger partial charge in [0.25, 0.3) is 0 Å². The number of piperidine rings is 1. The van der Waals surface area contributed by atoms with Gasteiger partial charge >= 0.3 is 0 Å². The van der Waals surface area contributed by atoms with Crippen LogP contribution in [0.15, 0.2) is 52.7 Å². The fraction of sp³-hybridized carbons (Fsp3) is 0.333. The SMILES string of the molecule is Cc1ccc(C)c(Cc2csc(N3CCC(S(=O)(=O)c4ccccc4C#N)CC3)n2)c1. The number of aryl methyl sites for hydroxylation is 2. The number of anilines is 1. The van der Waals surface area contributed by atoms with E-state index in [1.54, 1.807) is 35.6 Å². The van der Waals surface area contributed by atoms with Crippen molar-refractivity contribution in [3.63, 3.8) is 0 Å². The number of thiazole rings is 1. The van der Waals surface area contributed by atoms with Crippen LogP contribution in [0.1, 0.15) is 40.8 Å². The van der Waals surface area contributed by atoms with E-state index in [0.717, 1.165) is 17.2 Å². The summed E-state index contributed by atoms with van der Waals surface area (Å²) in [6.45, 7) is 5.52. The highest BCUT2D eigenvalue weighted by atomic mass is 32.2. The van der Waals surface area contributed by atoms with Crippen LogP contribution >= 0.6 is 11.3 Å². The number of benzene rings is 2. The molecule has 3 aromatic rings. The van der Waals surface area contributed by atoms with E-state index in [1.165, 1.54) is 16.7 Å². The van der Waals surface area contributed by atoms with Gasteiger partial charge in [-0.3, -0.25) is 0 Å². The Morgan fingerprint density at radius 2 is 1.90 bits per heavy atom. The Balaban J connectivity index is 1.44. The lowest BCUT2D eigenvalue weighted by Gasteiger charge is -2.31. The summed E-state index contributed by atoms with van der Waals surface area (Å²) in [7, 11) is -3.52. The molecule has 0 saturated carbocycles. The first-order valence-electron chi connectivity index (χ1n) is 10.4. The summed E-state index contributed by atoms with van der Waals surface area (Å²) < 4.78 is 26.2. The summed E-state index contributed by atoms with van der Waals surface area (Å²) in [6, 6.07) is 15.0. The predicted molar refractivity (Wildman–Crippen MR) is 124 cm³/mol. The normalized spacial score (nSPS) is 15.1. The molecule has 1 aliphatic rings. The van der Waals surface area contributed by atoms with Crippen LogP contribution in [0.5, 0.6) is 0 Å². The standard InChI is InChI=1S/C24H25N3O2S2/c1-17-7-8-18(2)20(13-17)14-21-16-30-24(26-21)27-11-9-22(10-12-27)31(28,29)23-6-4-3-5-19(23)15-25/h3-8,13,16,22H,9-12,14H2,1-2H3.